The van der Waals surface area contributed by atoms with Crippen molar-refractivity contribution in [3.8, 4) is 5.88 Å². The summed E-state index contributed by atoms with van der Waals surface area (Å²) in [5.41, 5.74) is 0. The minimum Gasteiger partial charge on any atom is -0.492 e. The molecule has 2 aromatic rings. The average molecular weight is 247 g/mol. The smallest absolute Gasteiger partial charge is 0.229 e. The number of hydrogen-bond donors (Lipinski definition) is 2. The largest absolute Gasteiger partial charge is 0.492 e. The zero-order chi connectivity index (χ0) is 12.6. The van der Waals surface area contributed by atoms with Crippen LogP contribution in [0.5, 0.6) is 5.88 Å². The van der Waals surface area contributed by atoms with E-state index in [4.69, 9.17) is 5.11 Å². The van der Waals surface area contributed by atoms with Gasteiger partial charge in [0.1, 0.15) is 0 Å². The van der Waals surface area contributed by atoms with Gasteiger partial charge in [0.15, 0.2) is 0 Å². The molecular formula is C12H17N5O. The van der Waals surface area contributed by atoms with E-state index in [1.165, 1.54) is 25.3 Å². The molecule has 0 unspecified atom stereocenters. The van der Waals surface area contributed by atoms with Crippen molar-refractivity contribution in [2.75, 3.05) is 18.0 Å². The maximum atomic E-state index is 8.33. The highest BCUT2D eigenvalue weighted by atomic mass is 16.3. The molecule has 3 heterocycles. The van der Waals surface area contributed by atoms with Crippen LogP contribution < -0.4 is 4.90 Å². The first kappa shape index (κ1) is 12.3. The molecule has 3 rings (SSSR count). The van der Waals surface area contributed by atoms with Crippen molar-refractivity contribution in [1.82, 2.24) is 20.2 Å². The number of aromatic amines is 1. The first-order valence-electron chi connectivity index (χ1n) is 6.07. The minimum atomic E-state index is 0.0370. The van der Waals surface area contributed by atoms with E-state index in [9.17, 15) is 0 Å². The summed E-state index contributed by atoms with van der Waals surface area (Å²) in [6.45, 7) is 2.23. The van der Waals surface area contributed by atoms with Crippen LogP contribution in [-0.4, -0.2) is 38.4 Å². The third kappa shape index (κ3) is 3.73. The predicted octanol–water partition coefficient (Wildman–Crippen LogP) is 1.58. The summed E-state index contributed by atoms with van der Waals surface area (Å²) in [5.74, 6) is 0.923. The van der Waals surface area contributed by atoms with Gasteiger partial charge in [-0.3, -0.25) is 5.10 Å². The summed E-state index contributed by atoms with van der Waals surface area (Å²) in [5, 5.41) is 14.1. The third-order valence-electron chi connectivity index (χ3n) is 2.68. The van der Waals surface area contributed by atoms with Crippen molar-refractivity contribution < 1.29 is 5.11 Å². The average Bonchev–Trinajstić information content (AvgIpc) is 2.93. The second kappa shape index (κ2) is 6.58. The van der Waals surface area contributed by atoms with E-state index >= 15 is 0 Å². The van der Waals surface area contributed by atoms with Crippen LogP contribution in [0.15, 0.2) is 30.7 Å². The maximum absolute atomic E-state index is 8.33. The molecule has 0 aliphatic carbocycles. The number of anilines is 1. The van der Waals surface area contributed by atoms with Crippen molar-refractivity contribution in [2.24, 2.45) is 0 Å². The molecule has 0 aromatic carbocycles. The van der Waals surface area contributed by atoms with Crippen molar-refractivity contribution >= 4 is 5.95 Å². The van der Waals surface area contributed by atoms with E-state index in [-0.39, 0.29) is 5.88 Å². The number of rotatable bonds is 1. The summed E-state index contributed by atoms with van der Waals surface area (Å²) in [6, 6.07) is 3.33. The standard InChI is InChI=1S/C9H13N3.C3H4N2O/c1-2-7-12(8-3-1)9-10-5-4-6-11-9;6-3-1-2-4-5-3/h4-6H,1-3,7-8H2;1-2H,(H2,4,5,6). The highest BCUT2D eigenvalue weighted by Crippen LogP contribution is 2.13. The molecule has 0 spiro atoms. The molecule has 6 nitrogen and oxygen atoms in total. The number of aromatic hydroxyl groups is 1. The molecule has 0 saturated carbocycles. The Bertz CT molecular complexity index is 425. The quantitative estimate of drug-likeness (QED) is 0.800. The fourth-order valence-electron chi connectivity index (χ4n) is 1.80. The number of aromatic nitrogens is 4. The number of H-pyrrole nitrogens is 1. The van der Waals surface area contributed by atoms with Crippen LogP contribution in [0.1, 0.15) is 19.3 Å². The molecule has 2 N–H and O–H groups in total. The van der Waals surface area contributed by atoms with Crippen LogP contribution in [0, 0.1) is 0 Å². The lowest BCUT2D eigenvalue weighted by Gasteiger charge is -2.26. The van der Waals surface area contributed by atoms with E-state index in [0.717, 1.165) is 19.0 Å². The molecule has 0 radical (unpaired) electrons. The molecule has 96 valence electrons. The first-order valence-corrected chi connectivity index (χ1v) is 6.07. The Morgan fingerprint density at radius 2 is 1.83 bits per heavy atom. The van der Waals surface area contributed by atoms with Gasteiger partial charge in [-0.05, 0) is 25.3 Å². The van der Waals surface area contributed by atoms with E-state index in [2.05, 4.69) is 25.1 Å². The Kier molecular flexibility index (Phi) is 4.52. The number of nitrogens with one attached hydrogen (secondary N) is 1. The topological polar surface area (TPSA) is 77.9 Å². The molecule has 0 amide bonds. The van der Waals surface area contributed by atoms with Crippen molar-refractivity contribution in [3.63, 3.8) is 0 Å². The van der Waals surface area contributed by atoms with Gasteiger partial charge in [-0.25, -0.2) is 9.97 Å². The van der Waals surface area contributed by atoms with Crippen LogP contribution in [-0.2, 0) is 0 Å². The lowest BCUT2D eigenvalue weighted by atomic mass is 10.1. The van der Waals surface area contributed by atoms with Gasteiger partial charge in [0.25, 0.3) is 0 Å². The molecule has 1 aliphatic heterocycles. The summed E-state index contributed by atoms with van der Waals surface area (Å²) in [7, 11) is 0. The van der Waals surface area contributed by atoms with Crippen LogP contribution >= 0.6 is 0 Å². The number of hydrogen-bond acceptors (Lipinski definition) is 5. The van der Waals surface area contributed by atoms with Crippen LogP contribution in [0.4, 0.5) is 5.95 Å². The zero-order valence-corrected chi connectivity index (χ0v) is 10.2. The van der Waals surface area contributed by atoms with Crippen LogP contribution in [0.2, 0.25) is 0 Å². The molecule has 0 atom stereocenters. The fourth-order valence-corrected chi connectivity index (χ4v) is 1.80. The van der Waals surface area contributed by atoms with Crippen LogP contribution in [0.3, 0.4) is 0 Å². The van der Waals surface area contributed by atoms with E-state index in [0.29, 0.717) is 0 Å². The molecule has 0 bridgehead atoms. The normalized spacial score (nSPS) is 14.8. The van der Waals surface area contributed by atoms with Crippen molar-refractivity contribution in [1.29, 1.82) is 0 Å². The molecule has 18 heavy (non-hydrogen) atoms. The Morgan fingerprint density at radius 1 is 1.11 bits per heavy atom. The van der Waals surface area contributed by atoms with E-state index in [1.54, 1.807) is 18.6 Å². The summed E-state index contributed by atoms with van der Waals surface area (Å²) < 4.78 is 0. The molecule has 1 saturated heterocycles. The van der Waals surface area contributed by atoms with E-state index < -0.39 is 0 Å². The number of piperidine rings is 1. The van der Waals surface area contributed by atoms with Gasteiger partial charge in [-0.2, -0.15) is 0 Å². The SMILES string of the molecule is Oc1cc[nH]n1.c1cnc(N2CCCCC2)nc1. The van der Waals surface area contributed by atoms with Gasteiger partial charge in [0, 0.05) is 37.7 Å². The Hall–Kier alpha value is -2.11. The van der Waals surface area contributed by atoms with Crippen LogP contribution in [0.25, 0.3) is 0 Å². The Morgan fingerprint density at radius 3 is 2.33 bits per heavy atom. The molecule has 6 heteroatoms. The van der Waals surface area contributed by atoms with Gasteiger partial charge in [-0.1, -0.05) is 0 Å². The van der Waals surface area contributed by atoms with Crippen molar-refractivity contribution in [2.45, 2.75) is 19.3 Å². The molecule has 1 fully saturated rings. The monoisotopic (exact) mass is 247 g/mol. The lowest BCUT2D eigenvalue weighted by Crippen LogP contribution is -2.30. The summed E-state index contributed by atoms with van der Waals surface area (Å²) in [6.07, 6.45) is 9.06. The Labute approximate surface area is 106 Å². The Balaban J connectivity index is 0.000000169. The second-order valence-electron chi connectivity index (χ2n) is 4.03. The third-order valence-corrected chi connectivity index (χ3v) is 2.68. The highest BCUT2D eigenvalue weighted by Gasteiger charge is 2.11. The summed E-state index contributed by atoms with van der Waals surface area (Å²) in [4.78, 5) is 10.7. The molecule has 1 aliphatic rings. The van der Waals surface area contributed by atoms with Gasteiger partial charge in [0.2, 0.25) is 11.8 Å². The maximum Gasteiger partial charge on any atom is 0.229 e. The van der Waals surface area contributed by atoms with E-state index in [1.807, 2.05) is 6.07 Å². The highest BCUT2D eigenvalue weighted by molar-refractivity contribution is 5.28. The molecular weight excluding hydrogens is 230 g/mol. The second-order valence-corrected chi connectivity index (χ2v) is 4.03. The van der Waals surface area contributed by atoms with Gasteiger partial charge in [-0.15, -0.1) is 5.10 Å². The predicted molar refractivity (Wildman–Crippen MR) is 68.3 cm³/mol. The van der Waals surface area contributed by atoms with Gasteiger partial charge in [0.05, 0.1) is 0 Å². The van der Waals surface area contributed by atoms with Gasteiger partial charge >= 0.3 is 0 Å². The lowest BCUT2D eigenvalue weighted by molar-refractivity contribution is 0.452. The first-order chi connectivity index (χ1) is 8.86. The zero-order valence-electron chi connectivity index (χ0n) is 10.2. The number of nitrogens with zero attached hydrogens (tertiary/aromatic N) is 4. The fraction of sp³-hybridized carbons (Fsp3) is 0.417. The molecule has 2 aromatic heterocycles. The van der Waals surface area contributed by atoms with Crippen molar-refractivity contribution in [3.05, 3.63) is 30.7 Å². The summed E-state index contributed by atoms with van der Waals surface area (Å²) >= 11 is 0. The van der Waals surface area contributed by atoms with Gasteiger partial charge < -0.3 is 10.0 Å². The minimum absolute atomic E-state index is 0.0370.